The van der Waals surface area contributed by atoms with Crippen LogP contribution in [0.25, 0.3) is 11.3 Å². The minimum absolute atomic E-state index is 0.0170. The Bertz CT molecular complexity index is 1410. The van der Waals surface area contributed by atoms with Crippen LogP contribution < -0.4 is 5.56 Å². The van der Waals surface area contributed by atoms with Crippen LogP contribution in [-0.4, -0.2) is 49.2 Å². The van der Waals surface area contributed by atoms with Crippen LogP contribution in [0.15, 0.2) is 58.0 Å². The molecule has 0 radical (unpaired) electrons. The number of aliphatic hydroxyl groups excluding tert-OH is 1. The second-order valence-electron chi connectivity index (χ2n) is 12.5. The molecule has 0 saturated heterocycles. The number of hydrogen-bond acceptors (Lipinski definition) is 7. The monoisotopic (exact) mass is 548 g/mol. The molecule has 1 heterocycles. The Morgan fingerprint density at radius 1 is 1.13 bits per heavy atom. The maximum absolute atomic E-state index is 13.7. The molecule has 3 N–H and O–H groups in total. The molecule has 206 valence electrons. The molecule has 0 amide bonds. The number of aliphatic hydroxyl groups is 2. The molecular weight excluding hydrogens is 512 g/mol. The van der Waals surface area contributed by atoms with Gasteiger partial charge in [0.25, 0.3) is 5.56 Å². The number of allylic oxidation sites excluding steroid dienone is 1. The number of Topliss-reactive ketones (excluding diaryl/α,β-unsaturated/α-hetero) is 1. The SMILES string of the molecule is CC12CCC(=O)C=C1CCC1C2C(O)CC2(C)C1CC[C@]2(O)C(=O)CSc1nc(-c2ccccc2)cc(=O)[nH]1. The first-order valence-electron chi connectivity index (χ1n) is 14.0. The van der Waals surface area contributed by atoms with E-state index in [1.807, 2.05) is 43.3 Å². The first-order valence-corrected chi connectivity index (χ1v) is 15.0. The van der Waals surface area contributed by atoms with Crippen molar-refractivity contribution in [2.45, 2.75) is 75.7 Å². The van der Waals surface area contributed by atoms with Gasteiger partial charge in [0, 0.05) is 23.5 Å². The lowest BCUT2D eigenvalue weighted by Crippen LogP contribution is -2.61. The molecule has 2 aromatic rings. The van der Waals surface area contributed by atoms with E-state index in [2.05, 4.69) is 16.9 Å². The predicted octanol–water partition coefficient (Wildman–Crippen LogP) is 4.33. The molecule has 39 heavy (non-hydrogen) atoms. The fourth-order valence-corrected chi connectivity index (χ4v) is 9.51. The third-order valence-electron chi connectivity index (χ3n) is 10.6. The van der Waals surface area contributed by atoms with Crippen LogP contribution in [0, 0.1) is 28.6 Å². The summed E-state index contributed by atoms with van der Waals surface area (Å²) in [5, 5.41) is 23.9. The number of fused-ring (bicyclic) bond motifs is 5. The normalized spacial score (nSPS) is 37.4. The van der Waals surface area contributed by atoms with Gasteiger partial charge in [-0.25, -0.2) is 4.98 Å². The molecule has 0 spiro atoms. The second kappa shape index (κ2) is 9.53. The number of aromatic amines is 1. The van der Waals surface area contributed by atoms with Crippen molar-refractivity contribution in [3.05, 3.63) is 58.4 Å². The summed E-state index contributed by atoms with van der Waals surface area (Å²) in [6.07, 6.45) is 5.61. The number of carbonyl (C=O) groups is 2. The van der Waals surface area contributed by atoms with Crippen LogP contribution in [0.5, 0.6) is 0 Å². The van der Waals surface area contributed by atoms with Gasteiger partial charge in [0.2, 0.25) is 0 Å². The predicted molar refractivity (Wildman–Crippen MR) is 149 cm³/mol. The molecule has 6 unspecified atom stereocenters. The molecule has 4 aliphatic carbocycles. The average molecular weight is 549 g/mol. The van der Waals surface area contributed by atoms with Crippen LogP contribution in [0.4, 0.5) is 0 Å². The highest BCUT2D eigenvalue weighted by atomic mass is 32.2. The Kier molecular flexibility index (Phi) is 6.51. The topological polar surface area (TPSA) is 120 Å². The van der Waals surface area contributed by atoms with Crippen molar-refractivity contribution in [3.63, 3.8) is 0 Å². The summed E-state index contributed by atoms with van der Waals surface area (Å²) in [6.45, 7) is 4.19. The number of H-pyrrole nitrogens is 1. The highest BCUT2D eigenvalue weighted by Crippen LogP contribution is 2.67. The van der Waals surface area contributed by atoms with E-state index in [1.54, 1.807) is 0 Å². The van der Waals surface area contributed by atoms with Crippen molar-refractivity contribution in [3.8, 4) is 11.3 Å². The zero-order valence-electron chi connectivity index (χ0n) is 22.5. The lowest BCUT2D eigenvalue weighted by molar-refractivity contribution is -0.178. The van der Waals surface area contributed by atoms with E-state index >= 15 is 0 Å². The lowest BCUT2D eigenvalue weighted by atomic mass is 9.45. The molecule has 0 bridgehead atoms. The molecule has 7 nitrogen and oxygen atoms in total. The summed E-state index contributed by atoms with van der Waals surface area (Å²) in [5.41, 5.74) is -0.273. The van der Waals surface area contributed by atoms with Crippen LogP contribution in [0.3, 0.4) is 0 Å². The Hall–Kier alpha value is -2.55. The van der Waals surface area contributed by atoms with Crippen molar-refractivity contribution >= 4 is 23.3 Å². The minimum Gasteiger partial charge on any atom is -0.393 e. The third kappa shape index (κ3) is 4.18. The van der Waals surface area contributed by atoms with E-state index < -0.39 is 17.1 Å². The number of nitrogens with one attached hydrogen (secondary N) is 1. The molecular formula is C31H36N2O5S. The maximum atomic E-state index is 13.7. The van der Waals surface area contributed by atoms with Crippen LogP contribution in [0.1, 0.15) is 58.8 Å². The van der Waals surface area contributed by atoms with Crippen molar-refractivity contribution in [2.24, 2.45) is 28.6 Å². The summed E-state index contributed by atoms with van der Waals surface area (Å²) in [5.74, 6) is 0.243. The second-order valence-corrected chi connectivity index (χ2v) is 13.5. The molecule has 4 aliphatic rings. The van der Waals surface area contributed by atoms with Crippen LogP contribution in [0.2, 0.25) is 0 Å². The lowest BCUT2D eigenvalue weighted by Gasteiger charge is -2.60. The van der Waals surface area contributed by atoms with Crippen molar-refractivity contribution in [2.75, 3.05) is 5.75 Å². The van der Waals surface area contributed by atoms with E-state index in [0.717, 1.165) is 43.0 Å². The summed E-state index contributed by atoms with van der Waals surface area (Å²) in [7, 11) is 0. The van der Waals surface area contributed by atoms with Gasteiger partial charge in [0.05, 0.1) is 17.6 Å². The van der Waals surface area contributed by atoms with E-state index in [1.165, 1.54) is 11.6 Å². The van der Waals surface area contributed by atoms with Crippen molar-refractivity contribution in [1.82, 2.24) is 9.97 Å². The summed E-state index contributed by atoms with van der Waals surface area (Å²) < 4.78 is 0. The summed E-state index contributed by atoms with van der Waals surface area (Å²) in [6, 6.07) is 10.8. The number of aromatic nitrogens is 2. The highest BCUT2D eigenvalue weighted by Gasteiger charge is 2.68. The fourth-order valence-electron chi connectivity index (χ4n) is 8.66. The van der Waals surface area contributed by atoms with E-state index in [0.29, 0.717) is 30.1 Å². The molecule has 3 fully saturated rings. The molecule has 7 atom stereocenters. The Balaban J connectivity index is 1.22. The Morgan fingerprint density at radius 2 is 1.90 bits per heavy atom. The van der Waals surface area contributed by atoms with Gasteiger partial charge in [-0.05, 0) is 67.8 Å². The maximum Gasteiger partial charge on any atom is 0.252 e. The average Bonchev–Trinajstić information content (AvgIpc) is 3.18. The fraction of sp³-hybridized carbons (Fsp3) is 0.548. The van der Waals surface area contributed by atoms with Crippen molar-refractivity contribution < 1.29 is 19.8 Å². The van der Waals surface area contributed by atoms with E-state index in [4.69, 9.17) is 0 Å². The van der Waals surface area contributed by atoms with Crippen LogP contribution >= 0.6 is 11.8 Å². The van der Waals surface area contributed by atoms with Gasteiger partial charge in [-0.1, -0.05) is 61.5 Å². The zero-order valence-corrected chi connectivity index (χ0v) is 23.3. The number of rotatable bonds is 5. The summed E-state index contributed by atoms with van der Waals surface area (Å²) >= 11 is 1.13. The quantitative estimate of drug-likeness (QED) is 0.376. The van der Waals surface area contributed by atoms with Crippen molar-refractivity contribution in [1.29, 1.82) is 0 Å². The molecule has 1 aromatic heterocycles. The molecule has 0 aliphatic heterocycles. The molecule has 8 heteroatoms. The number of carbonyl (C=O) groups excluding carboxylic acids is 2. The van der Waals surface area contributed by atoms with E-state index in [-0.39, 0.29) is 46.0 Å². The van der Waals surface area contributed by atoms with Gasteiger partial charge in [-0.3, -0.25) is 14.4 Å². The van der Waals surface area contributed by atoms with E-state index in [9.17, 15) is 24.6 Å². The first-order chi connectivity index (χ1) is 18.5. The number of ketones is 2. The number of benzene rings is 1. The number of thioether (sulfide) groups is 1. The van der Waals surface area contributed by atoms with Gasteiger partial charge in [0.15, 0.2) is 16.7 Å². The molecule has 1 aromatic carbocycles. The summed E-state index contributed by atoms with van der Waals surface area (Å²) in [4.78, 5) is 45.4. The number of hydrogen-bond donors (Lipinski definition) is 3. The Labute approximate surface area is 232 Å². The molecule has 6 rings (SSSR count). The smallest absolute Gasteiger partial charge is 0.252 e. The minimum atomic E-state index is -1.55. The molecule has 3 saturated carbocycles. The van der Waals surface area contributed by atoms with Gasteiger partial charge < -0.3 is 15.2 Å². The first kappa shape index (κ1) is 26.7. The largest absolute Gasteiger partial charge is 0.393 e. The third-order valence-corrected chi connectivity index (χ3v) is 11.5. The van der Waals surface area contributed by atoms with Gasteiger partial charge in [-0.2, -0.15) is 0 Å². The Morgan fingerprint density at radius 3 is 2.67 bits per heavy atom. The number of nitrogens with zero attached hydrogens (tertiary/aromatic N) is 1. The zero-order chi connectivity index (χ0) is 27.6. The highest BCUT2D eigenvalue weighted by molar-refractivity contribution is 7.99. The van der Waals surface area contributed by atoms with Gasteiger partial charge in [0.1, 0.15) is 5.60 Å². The van der Waals surface area contributed by atoms with Gasteiger partial charge >= 0.3 is 0 Å². The standard InChI is InChI=1S/C31H36N2O5S/c1-29-12-10-20(34)14-19(29)8-9-21-22-11-13-31(38,30(22,2)16-24(35)27(21)29)25(36)17-39-28-32-23(15-26(37)33-28)18-6-4-3-5-7-18/h3-7,14-15,21-22,24,27,35,38H,8-13,16-17H2,1-2H3,(H,32,33,37)/t21?,22?,24?,27?,29?,30?,31-/m0/s1. The van der Waals surface area contributed by atoms with Crippen LogP contribution in [-0.2, 0) is 9.59 Å². The van der Waals surface area contributed by atoms with Gasteiger partial charge in [-0.15, -0.1) is 0 Å².